The largest absolute Gasteiger partial charge is 0.460 e. The zero-order valence-corrected chi connectivity index (χ0v) is 11.5. The van der Waals surface area contributed by atoms with E-state index in [1.165, 1.54) is 0 Å². The van der Waals surface area contributed by atoms with Crippen molar-refractivity contribution in [3.8, 4) is 0 Å². The van der Waals surface area contributed by atoms with Crippen molar-refractivity contribution in [2.45, 2.75) is 18.9 Å². The molecule has 102 valence electrons. The van der Waals surface area contributed by atoms with Gasteiger partial charge in [-0.25, -0.2) is 0 Å². The highest BCUT2D eigenvalue weighted by molar-refractivity contribution is 7.07. The lowest BCUT2D eigenvalue weighted by molar-refractivity contribution is -0.148. The molecule has 1 atom stereocenters. The van der Waals surface area contributed by atoms with Gasteiger partial charge in [0.1, 0.15) is 6.61 Å². The number of hydrogen-bond acceptors (Lipinski definition) is 4. The smallest absolute Gasteiger partial charge is 0.314 e. The molecule has 1 aliphatic rings. The van der Waals surface area contributed by atoms with E-state index >= 15 is 0 Å². The molecule has 1 aromatic heterocycles. The van der Waals surface area contributed by atoms with E-state index in [9.17, 15) is 9.59 Å². The van der Waals surface area contributed by atoms with Crippen LogP contribution in [0.4, 0.5) is 5.69 Å². The predicted molar refractivity (Wildman–Crippen MR) is 76.5 cm³/mol. The molecular weight excluding hydrogens is 274 g/mol. The number of para-hydroxylation sites is 1. The van der Waals surface area contributed by atoms with Crippen molar-refractivity contribution < 1.29 is 14.3 Å². The van der Waals surface area contributed by atoms with Crippen molar-refractivity contribution >= 4 is 28.9 Å². The van der Waals surface area contributed by atoms with E-state index in [0.717, 1.165) is 11.1 Å². The highest BCUT2D eigenvalue weighted by Gasteiger charge is 2.31. The van der Waals surface area contributed by atoms with Crippen molar-refractivity contribution in [1.29, 1.82) is 0 Å². The number of ether oxygens (including phenoxy) is 1. The molecule has 0 aliphatic carbocycles. The van der Waals surface area contributed by atoms with Crippen LogP contribution in [-0.4, -0.2) is 11.9 Å². The van der Waals surface area contributed by atoms with E-state index in [-0.39, 0.29) is 24.9 Å². The van der Waals surface area contributed by atoms with Crippen LogP contribution in [0.5, 0.6) is 0 Å². The lowest BCUT2D eigenvalue weighted by Gasteiger charge is -2.24. The molecule has 1 aliphatic heterocycles. The van der Waals surface area contributed by atoms with Crippen molar-refractivity contribution in [2.75, 3.05) is 5.32 Å². The minimum Gasteiger partial charge on any atom is -0.460 e. The van der Waals surface area contributed by atoms with Crippen LogP contribution < -0.4 is 5.32 Å². The number of anilines is 1. The molecule has 0 spiro atoms. The standard InChI is InChI=1S/C15H13NO3S/c17-14-7-12(11-3-1-2-4-13(11)16-14)15(18)19-8-10-5-6-20-9-10/h1-6,9,12H,7-8H2,(H,16,17)/t12-/m0/s1. The van der Waals surface area contributed by atoms with Gasteiger partial charge in [0, 0.05) is 17.7 Å². The molecule has 0 bridgehead atoms. The number of thiophene rings is 1. The Balaban J connectivity index is 1.76. The Morgan fingerprint density at radius 3 is 3.00 bits per heavy atom. The van der Waals surface area contributed by atoms with E-state index in [1.807, 2.05) is 35.0 Å². The molecule has 0 saturated carbocycles. The van der Waals surface area contributed by atoms with Crippen LogP contribution in [0.25, 0.3) is 0 Å². The van der Waals surface area contributed by atoms with Gasteiger partial charge in [-0.15, -0.1) is 0 Å². The second-order valence-electron chi connectivity index (χ2n) is 4.63. The zero-order valence-electron chi connectivity index (χ0n) is 10.7. The van der Waals surface area contributed by atoms with Crippen LogP contribution in [0, 0.1) is 0 Å². The lowest BCUT2D eigenvalue weighted by atomic mass is 9.91. The van der Waals surface area contributed by atoms with E-state index < -0.39 is 5.92 Å². The lowest BCUT2D eigenvalue weighted by Crippen LogP contribution is -2.28. The van der Waals surface area contributed by atoms with Crippen LogP contribution in [-0.2, 0) is 20.9 Å². The number of esters is 1. The minimum atomic E-state index is -0.515. The Labute approximate surface area is 120 Å². The summed E-state index contributed by atoms with van der Waals surface area (Å²) >= 11 is 1.56. The van der Waals surface area contributed by atoms with Crippen LogP contribution in [0.2, 0.25) is 0 Å². The molecule has 0 fully saturated rings. The topological polar surface area (TPSA) is 55.4 Å². The number of benzene rings is 1. The van der Waals surface area contributed by atoms with E-state index in [2.05, 4.69) is 5.32 Å². The Morgan fingerprint density at radius 1 is 1.35 bits per heavy atom. The van der Waals surface area contributed by atoms with Crippen LogP contribution in [0.1, 0.15) is 23.5 Å². The Morgan fingerprint density at radius 2 is 2.20 bits per heavy atom. The van der Waals surface area contributed by atoms with Gasteiger partial charge in [-0.3, -0.25) is 9.59 Å². The van der Waals surface area contributed by atoms with Gasteiger partial charge in [-0.05, 0) is 28.5 Å². The summed E-state index contributed by atoms with van der Waals surface area (Å²) in [5.74, 6) is -1.02. The normalized spacial score (nSPS) is 17.2. The van der Waals surface area contributed by atoms with Gasteiger partial charge in [-0.1, -0.05) is 18.2 Å². The SMILES string of the molecule is O=C1C[C@H](C(=O)OCc2ccsc2)c2ccccc2N1. The van der Waals surface area contributed by atoms with Gasteiger partial charge in [-0.2, -0.15) is 11.3 Å². The highest BCUT2D eigenvalue weighted by atomic mass is 32.1. The third-order valence-corrected chi connectivity index (χ3v) is 3.98. The number of amides is 1. The second kappa shape index (κ2) is 5.46. The van der Waals surface area contributed by atoms with Gasteiger partial charge in [0.25, 0.3) is 0 Å². The zero-order chi connectivity index (χ0) is 13.9. The van der Waals surface area contributed by atoms with Crippen molar-refractivity contribution in [3.63, 3.8) is 0 Å². The number of hydrogen-bond donors (Lipinski definition) is 1. The molecule has 0 radical (unpaired) electrons. The third kappa shape index (κ3) is 2.58. The molecule has 1 aromatic carbocycles. The molecule has 2 aromatic rings. The summed E-state index contributed by atoms with van der Waals surface area (Å²) in [5, 5.41) is 6.65. The maximum atomic E-state index is 12.2. The van der Waals surface area contributed by atoms with Crippen LogP contribution >= 0.6 is 11.3 Å². The third-order valence-electron chi connectivity index (χ3n) is 3.25. The Kier molecular flexibility index (Phi) is 3.52. The van der Waals surface area contributed by atoms with Crippen molar-refractivity contribution in [2.24, 2.45) is 0 Å². The number of fused-ring (bicyclic) bond motifs is 1. The summed E-state index contributed by atoms with van der Waals surface area (Å²) in [6, 6.07) is 9.25. The molecule has 0 unspecified atom stereocenters. The molecule has 2 heterocycles. The number of nitrogens with one attached hydrogen (secondary N) is 1. The molecule has 3 rings (SSSR count). The van der Waals surface area contributed by atoms with Crippen LogP contribution in [0.3, 0.4) is 0 Å². The monoisotopic (exact) mass is 287 g/mol. The molecule has 1 N–H and O–H groups in total. The summed E-state index contributed by atoms with van der Waals surface area (Å²) in [4.78, 5) is 23.9. The summed E-state index contributed by atoms with van der Waals surface area (Å²) in [5.41, 5.74) is 2.49. The van der Waals surface area contributed by atoms with Crippen molar-refractivity contribution in [3.05, 3.63) is 52.2 Å². The van der Waals surface area contributed by atoms with Crippen LogP contribution in [0.15, 0.2) is 41.1 Å². The first-order valence-corrected chi connectivity index (χ1v) is 7.25. The first-order valence-electron chi connectivity index (χ1n) is 6.30. The molecule has 1 amide bonds. The van der Waals surface area contributed by atoms with Crippen molar-refractivity contribution in [1.82, 2.24) is 0 Å². The van der Waals surface area contributed by atoms with E-state index in [0.29, 0.717) is 5.69 Å². The maximum Gasteiger partial charge on any atom is 0.314 e. The predicted octanol–water partition coefficient (Wildman–Crippen LogP) is 2.92. The fourth-order valence-electron chi connectivity index (χ4n) is 2.25. The first kappa shape index (κ1) is 12.9. The summed E-state index contributed by atoms with van der Waals surface area (Å²) < 4.78 is 5.32. The maximum absolute atomic E-state index is 12.2. The molecule has 20 heavy (non-hydrogen) atoms. The van der Waals surface area contributed by atoms with Gasteiger partial charge >= 0.3 is 5.97 Å². The molecule has 0 saturated heterocycles. The van der Waals surface area contributed by atoms with Gasteiger partial charge in [0.05, 0.1) is 5.92 Å². The average molecular weight is 287 g/mol. The molecule has 5 heteroatoms. The number of carbonyl (C=O) groups is 2. The van der Waals surface area contributed by atoms with E-state index in [4.69, 9.17) is 4.74 Å². The second-order valence-corrected chi connectivity index (χ2v) is 5.41. The summed E-state index contributed by atoms with van der Waals surface area (Å²) in [7, 11) is 0. The quantitative estimate of drug-likeness (QED) is 0.883. The highest BCUT2D eigenvalue weighted by Crippen LogP contribution is 2.32. The Bertz CT molecular complexity index is 636. The fourth-order valence-corrected chi connectivity index (χ4v) is 2.90. The Hall–Kier alpha value is -2.14. The summed E-state index contributed by atoms with van der Waals surface area (Å²) in [6.45, 7) is 0.253. The first-order chi connectivity index (χ1) is 9.74. The molecular formula is C15H13NO3S. The fraction of sp³-hybridized carbons (Fsp3) is 0.200. The van der Waals surface area contributed by atoms with E-state index in [1.54, 1.807) is 17.4 Å². The summed E-state index contributed by atoms with van der Waals surface area (Å²) in [6.07, 6.45) is 0.138. The number of rotatable bonds is 3. The molecule has 4 nitrogen and oxygen atoms in total. The number of carbonyl (C=O) groups excluding carboxylic acids is 2. The van der Waals surface area contributed by atoms with Gasteiger partial charge in [0.2, 0.25) is 5.91 Å². The minimum absolute atomic E-state index is 0.138. The van der Waals surface area contributed by atoms with Gasteiger partial charge in [0.15, 0.2) is 0 Å². The average Bonchev–Trinajstić information content (AvgIpc) is 2.97. The van der Waals surface area contributed by atoms with Gasteiger partial charge < -0.3 is 10.1 Å².